The van der Waals surface area contributed by atoms with Gasteiger partial charge in [0.05, 0.1) is 24.0 Å². The molecule has 20 heavy (non-hydrogen) atoms. The lowest BCUT2D eigenvalue weighted by atomic mass is 10.1. The van der Waals surface area contributed by atoms with Crippen LogP contribution >= 0.6 is 0 Å². The lowest BCUT2D eigenvalue weighted by Crippen LogP contribution is -2.52. The van der Waals surface area contributed by atoms with Gasteiger partial charge in [0.25, 0.3) is 0 Å². The Morgan fingerprint density at radius 2 is 2.10 bits per heavy atom. The van der Waals surface area contributed by atoms with Crippen LogP contribution in [-0.2, 0) is 24.2 Å². The van der Waals surface area contributed by atoms with E-state index in [1.54, 1.807) is 7.11 Å². The molecule has 1 N–H and O–H groups in total. The standard InChI is InChI=1S/C12H21NO6S/c1-9(7-19-2)5-11(14)13-3-4-20(17,18)8-10(13)6-12(15)16/h9-10H,3-8H2,1-2H3,(H,15,16). The second kappa shape index (κ2) is 7.03. The minimum atomic E-state index is -3.26. The first-order valence-corrected chi connectivity index (χ1v) is 8.28. The van der Waals surface area contributed by atoms with Crippen molar-refractivity contribution in [3.05, 3.63) is 0 Å². The molecule has 1 saturated heterocycles. The number of sulfone groups is 1. The van der Waals surface area contributed by atoms with Crippen LogP contribution in [0.25, 0.3) is 0 Å². The van der Waals surface area contributed by atoms with Crippen LogP contribution in [0.15, 0.2) is 0 Å². The number of rotatable bonds is 6. The van der Waals surface area contributed by atoms with E-state index in [1.807, 2.05) is 6.92 Å². The van der Waals surface area contributed by atoms with Gasteiger partial charge in [-0.25, -0.2) is 8.42 Å². The maximum Gasteiger partial charge on any atom is 0.305 e. The number of nitrogens with zero attached hydrogens (tertiary/aromatic N) is 1. The number of hydrogen-bond acceptors (Lipinski definition) is 5. The van der Waals surface area contributed by atoms with Crippen LogP contribution in [0.4, 0.5) is 0 Å². The maximum absolute atomic E-state index is 12.2. The monoisotopic (exact) mass is 307 g/mol. The number of ether oxygens (including phenoxy) is 1. The molecule has 2 unspecified atom stereocenters. The summed E-state index contributed by atoms with van der Waals surface area (Å²) in [4.78, 5) is 24.4. The molecule has 2 atom stereocenters. The van der Waals surface area contributed by atoms with Crippen LogP contribution in [0, 0.1) is 5.92 Å². The molecule has 1 aliphatic heterocycles. The molecule has 1 rings (SSSR count). The van der Waals surface area contributed by atoms with E-state index >= 15 is 0 Å². The molecule has 0 radical (unpaired) electrons. The lowest BCUT2D eigenvalue weighted by molar-refractivity contribution is -0.140. The van der Waals surface area contributed by atoms with E-state index in [2.05, 4.69) is 0 Å². The summed E-state index contributed by atoms with van der Waals surface area (Å²) in [6, 6.07) is -0.770. The summed E-state index contributed by atoms with van der Waals surface area (Å²) in [6.07, 6.45) is -0.117. The van der Waals surface area contributed by atoms with E-state index in [4.69, 9.17) is 9.84 Å². The molecule has 7 nitrogen and oxygen atoms in total. The molecule has 1 heterocycles. The normalized spacial score (nSPS) is 23.3. The number of aliphatic carboxylic acids is 1. The van der Waals surface area contributed by atoms with Gasteiger partial charge in [0.1, 0.15) is 0 Å². The summed E-state index contributed by atoms with van der Waals surface area (Å²) in [5, 5.41) is 8.85. The average Bonchev–Trinajstić information content (AvgIpc) is 2.26. The van der Waals surface area contributed by atoms with Crippen molar-refractivity contribution < 1.29 is 27.9 Å². The molecule has 0 aromatic carbocycles. The van der Waals surface area contributed by atoms with Crippen molar-refractivity contribution >= 4 is 21.7 Å². The third kappa shape index (κ3) is 5.09. The number of carbonyl (C=O) groups excluding carboxylic acids is 1. The second-order valence-electron chi connectivity index (χ2n) is 5.22. The van der Waals surface area contributed by atoms with Crippen LogP contribution in [-0.4, -0.2) is 68.1 Å². The SMILES string of the molecule is COCC(C)CC(=O)N1CCS(=O)(=O)CC1CC(=O)O. The van der Waals surface area contributed by atoms with Gasteiger partial charge in [-0.1, -0.05) is 6.92 Å². The fraction of sp³-hybridized carbons (Fsp3) is 0.833. The Balaban J connectivity index is 2.74. The first kappa shape index (κ1) is 16.9. The van der Waals surface area contributed by atoms with Gasteiger partial charge in [0, 0.05) is 26.7 Å². The molecule has 0 aromatic heterocycles. The van der Waals surface area contributed by atoms with Crippen LogP contribution in [0.1, 0.15) is 19.8 Å². The van der Waals surface area contributed by atoms with Gasteiger partial charge in [-0.05, 0) is 5.92 Å². The van der Waals surface area contributed by atoms with Crippen molar-refractivity contribution in [2.24, 2.45) is 5.92 Å². The zero-order valence-corrected chi connectivity index (χ0v) is 12.6. The number of carboxylic acids is 1. The highest BCUT2D eigenvalue weighted by Crippen LogP contribution is 2.18. The number of carboxylic acid groups (broad SMARTS) is 1. The van der Waals surface area contributed by atoms with E-state index < -0.39 is 21.8 Å². The van der Waals surface area contributed by atoms with Gasteiger partial charge < -0.3 is 14.7 Å². The van der Waals surface area contributed by atoms with Gasteiger partial charge in [0.15, 0.2) is 9.84 Å². The smallest absolute Gasteiger partial charge is 0.305 e. The molecule has 0 spiro atoms. The highest BCUT2D eigenvalue weighted by molar-refractivity contribution is 7.91. The zero-order valence-electron chi connectivity index (χ0n) is 11.7. The van der Waals surface area contributed by atoms with Crippen molar-refractivity contribution in [2.45, 2.75) is 25.8 Å². The van der Waals surface area contributed by atoms with Crippen molar-refractivity contribution in [2.75, 3.05) is 31.8 Å². The second-order valence-corrected chi connectivity index (χ2v) is 7.45. The molecule has 1 fully saturated rings. The van der Waals surface area contributed by atoms with Crippen molar-refractivity contribution in [3.8, 4) is 0 Å². The summed E-state index contributed by atoms with van der Waals surface area (Å²) in [5.74, 6) is -1.68. The highest BCUT2D eigenvalue weighted by atomic mass is 32.2. The van der Waals surface area contributed by atoms with E-state index in [0.717, 1.165) is 0 Å². The molecule has 0 aliphatic carbocycles. The summed E-state index contributed by atoms with van der Waals surface area (Å²) < 4.78 is 28.1. The molecule has 0 bridgehead atoms. The average molecular weight is 307 g/mol. The Morgan fingerprint density at radius 3 is 2.65 bits per heavy atom. The number of methoxy groups -OCH3 is 1. The lowest BCUT2D eigenvalue weighted by Gasteiger charge is -2.35. The fourth-order valence-corrected chi connectivity index (χ4v) is 3.87. The predicted molar refractivity (Wildman–Crippen MR) is 72.1 cm³/mol. The third-order valence-corrected chi connectivity index (χ3v) is 4.93. The first-order valence-electron chi connectivity index (χ1n) is 6.45. The molecule has 8 heteroatoms. The molecule has 0 saturated carbocycles. The number of hydrogen-bond donors (Lipinski definition) is 1. The quantitative estimate of drug-likeness (QED) is 0.727. The Kier molecular flexibility index (Phi) is 5.94. The zero-order chi connectivity index (χ0) is 15.3. The Morgan fingerprint density at radius 1 is 1.45 bits per heavy atom. The molecule has 1 amide bonds. The van der Waals surface area contributed by atoms with Gasteiger partial charge >= 0.3 is 5.97 Å². The summed E-state index contributed by atoms with van der Waals surface area (Å²) in [6.45, 7) is 2.36. The summed E-state index contributed by atoms with van der Waals surface area (Å²) in [5.41, 5.74) is 0. The minimum Gasteiger partial charge on any atom is -0.481 e. The maximum atomic E-state index is 12.2. The largest absolute Gasteiger partial charge is 0.481 e. The molecular weight excluding hydrogens is 286 g/mol. The molecular formula is C12H21NO6S. The van der Waals surface area contributed by atoms with Crippen LogP contribution in [0.2, 0.25) is 0 Å². The highest BCUT2D eigenvalue weighted by Gasteiger charge is 2.35. The van der Waals surface area contributed by atoms with Gasteiger partial charge in [-0.2, -0.15) is 0 Å². The predicted octanol–water partition coefficient (Wildman–Crippen LogP) is -0.241. The van der Waals surface area contributed by atoms with E-state index in [0.29, 0.717) is 6.61 Å². The molecule has 1 aliphatic rings. The Labute approximate surface area is 118 Å². The summed E-state index contributed by atoms with van der Waals surface area (Å²) >= 11 is 0. The van der Waals surface area contributed by atoms with E-state index in [-0.39, 0.29) is 42.7 Å². The fourth-order valence-electron chi connectivity index (χ4n) is 2.34. The van der Waals surface area contributed by atoms with Crippen molar-refractivity contribution in [1.29, 1.82) is 0 Å². The van der Waals surface area contributed by atoms with Crippen LogP contribution in [0.5, 0.6) is 0 Å². The number of amides is 1. The molecule has 116 valence electrons. The van der Waals surface area contributed by atoms with Gasteiger partial charge in [-0.3, -0.25) is 9.59 Å². The first-order chi connectivity index (χ1) is 9.25. The summed E-state index contributed by atoms with van der Waals surface area (Å²) in [7, 11) is -1.72. The Hall–Kier alpha value is -1.15. The van der Waals surface area contributed by atoms with E-state index in [9.17, 15) is 18.0 Å². The van der Waals surface area contributed by atoms with E-state index in [1.165, 1.54) is 4.90 Å². The topological polar surface area (TPSA) is 101 Å². The van der Waals surface area contributed by atoms with Crippen molar-refractivity contribution in [1.82, 2.24) is 4.90 Å². The third-order valence-electron chi connectivity index (χ3n) is 3.24. The van der Waals surface area contributed by atoms with Crippen LogP contribution < -0.4 is 0 Å². The minimum absolute atomic E-state index is 0.0107. The van der Waals surface area contributed by atoms with Crippen LogP contribution in [0.3, 0.4) is 0 Å². The number of carbonyl (C=O) groups is 2. The van der Waals surface area contributed by atoms with Gasteiger partial charge in [0.2, 0.25) is 5.91 Å². The Bertz CT molecular complexity index is 461. The van der Waals surface area contributed by atoms with Gasteiger partial charge in [-0.15, -0.1) is 0 Å². The van der Waals surface area contributed by atoms with Crippen molar-refractivity contribution in [3.63, 3.8) is 0 Å². The molecule has 0 aromatic rings.